The third kappa shape index (κ3) is 5.20. The van der Waals surface area contributed by atoms with Crippen molar-refractivity contribution in [3.63, 3.8) is 0 Å². The number of ketones is 1. The van der Waals surface area contributed by atoms with Crippen LogP contribution >= 0.6 is 0 Å². The minimum Gasteiger partial charge on any atom is -0.489 e. The fourth-order valence-electron chi connectivity index (χ4n) is 3.02. The first-order chi connectivity index (χ1) is 13.3. The number of benzene rings is 2. The third-order valence-electron chi connectivity index (χ3n) is 4.74. The first-order valence-electron chi connectivity index (χ1n) is 9.59. The SMILES string of the molecule is CC(C)(C)C(=O)ON1CCC(c2ccc(OCc3ccccc3)cc2)C(=O)C1. The lowest BCUT2D eigenvalue weighted by atomic mass is 9.89. The largest absolute Gasteiger partial charge is 0.489 e. The van der Waals surface area contributed by atoms with Gasteiger partial charge in [-0.3, -0.25) is 4.79 Å². The van der Waals surface area contributed by atoms with Gasteiger partial charge >= 0.3 is 5.97 Å². The standard InChI is InChI=1S/C23H27NO4/c1-23(2,3)22(26)28-24-14-13-20(21(25)15-24)18-9-11-19(12-10-18)27-16-17-7-5-4-6-8-17/h4-12,20H,13-16H2,1-3H3. The summed E-state index contributed by atoms with van der Waals surface area (Å²) in [5.41, 5.74) is 1.49. The highest BCUT2D eigenvalue weighted by molar-refractivity contribution is 5.88. The molecule has 0 N–H and O–H groups in total. The monoisotopic (exact) mass is 381 g/mol. The molecule has 3 rings (SSSR count). The number of rotatable bonds is 5. The molecule has 5 heteroatoms. The van der Waals surface area contributed by atoms with Gasteiger partial charge in [-0.05, 0) is 50.5 Å². The van der Waals surface area contributed by atoms with E-state index < -0.39 is 5.41 Å². The maximum absolute atomic E-state index is 12.6. The van der Waals surface area contributed by atoms with Crippen molar-refractivity contribution in [2.45, 2.75) is 39.7 Å². The van der Waals surface area contributed by atoms with Gasteiger partial charge in [-0.15, -0.1) is 5.06 Å². The Morgan fingerprint density at radius 1 is 1.07 bits per heavy atom. The summed E-state index contributed by atoms with van der Waals surface area (Å²) in [6.07, 6.45) is 0.625. The van der Waals surface area contributed by atoms with Crippen LogP contribution in [0.25, 0.3) is 0 Å². The summed E-state index contributed by atoms with van der Waals surface area (Å²) in [4.78, 5) is 29.9. The number of Topliss-reactive ketones (excluding diaryl/α,β-unsaturated/α-hetero) is 1. The molecule has 0 radical (unpaired) electrons. The Labute approximate surface area is 166 Å². The highest BCUT2D eigenvalue weighted by atomic mass is 16.7. The van der Waals surface area contributed by atoms with Crippen LogP contribution in [0.3, 0.4) is 0 Å². The highest BCUT2D eigenvalue weighted by Crippen LogP contribution is 2.28. The van der Waals surface area contributed by atoms with Gasteiger partial charge in [0.25, 0.3) is 0 Å². The van der Waals surface area contributed by atoms with Crippen LogP contribution in [0.15, 0.2) is 54.6 Å². The molecule has 0 aromatic heterocycles. The van der Waals surface area contributed by atoms with Crippen LogP contribution < -0.4 is 4.74 Å². The number of nitrogens with zero attached hydrogens (tertiary/aromatic N) is 1. The molecule has 0 bridgehead atoms. The zero-order chi connectivity index (χ0) is 20.1. The molecule has 0 amide bonds. The van der Waals surface area contributed by atoms with Crippen LogP contribution in [-0.2, 0) is 21.0 Å². The van der Waals surface area contributed by atoms with Crippen LogP contribution in [0.2, 0.25) is 0 Å². The molecule has 1 aliphatic heterocycles. The van der Waals surface area contributed by atoms with Gasteiger partial charge in [-0.1, -0.05) is 42.5 Å². The summed E-state index contributed by atoms with van der Waals surface area (Å²) < 4.78 is 5.80. The van der Waals surface area contributed by atoms with Crippen LogP contribution in [-0.4, -0.2) is 29.9 Å². The zero-order valence-corrected chi connectivity index (χ0v) is 16.7. The van der Waals surface area contributed by atoms with Crippen molar-refractivity contribution in [2.24, 2.45) is 5.41 Å². The van der Waals surface area contributed by atoms with Crippen molar-refractivity contribution in [3.8, 4) is 5.75 Å². The number of ether oxygens (including phenoxy) is 1. The normalized spacial score (nSPS) is 18.0. The van der Waals surface area contributed by atoms with E-state index in [9.17, 15) is 9.59 Å². The number of hydroxylamine groups is 2. The molecule has 148 valence electrons. The second-order valence-corrected chi connectivity index (χ2v) is 8.14. The van der Waals surface area contributed by atoms with Crippen molar-refractivity contribution in [3.05, 3.63) is 65.7 Å². The molecule has 5 nitrogen and oxygen atoms in total. The van der Waals surface area contributed by atoms with Crippen LogP contribution in [0.5, 0.6) is 5.75 Å². The number of hydrogen-bond acceptors (Lipinski definition) is 5. The molecular weight excluding hydrogens is 354 g/mol. The van der Waals surface area contributed by atoms with Crippen molar-refractivity contribution in [2.75, 3.05) is 13.1 Å². The summed E-state index contributed by atoms with van der Waals surface area (Å²) in [6, 6.07) is 17.7. The topological polar surface area (TPSA) is 55.8 Å². The smallest absolute Gasteiger partial charge is 0.330 e. The summed E-state index contributed by atoms with van der Waals surface area (Å²) in [5, 5.41) is 1.48. The van der Waals surface area contributed by atoms with E-state index in [-0.39, 0.29) is 24.2 Å². The average Bonchev–Trinajstić information content (AvgIpc) is 2.67. The van der Waals surface area contributed by atoms with Gasteiger partial charge in [-0.25, -0.2) is 4.79 Å². The lowest BCUT2D eigenvalue weighted by molar-refractivity contribution is -0.203. The van der Waals surface area contributed by atoms with Gasteiger partial charge in [0, 0.05) is 12.5 Å². The van der Waals surface area contributed by atoms with E-state index in [1.54, 1.807) is 20.8 Å². The predicted octanol–water partition coefficient (Wildman–Crippen LogP) is 4.13. The number of piperidine rings is 1. The number of carbonyl (C=O) groups is 2. The predicted molar refractivity (Wildman–Crippen MR) is 107 cm³/mol. The van der Waals surface area contributed by atoms with E-state index in [4.69, 9.17) is 9.57 Å². The number of carbonyl (C=O) groups excluding carboxylic acids is 2. The summed E-state index contributed by atoms with van der Waals surface area (Å²) in [6.45, 7) is 6.57. The highest BCUT2D eigenvalue weighted by Gasteiger charge is 2.32. The molecule has 2 aromatic carbocycles. The van der Waals surface area contributed by atoms with Crippen LogP contribution in [0.1, 0.15) is 44.2 Å². The van der Waals surface area contributed by atoms with Gasteiger partial charge in [0.05, 0.1) is 12.0 Å². The fourth-order valence-corrected chi connectivity index (χ4v) is 3.02. The van der Waals surface area contributed by atoms with Gasteiger partial charge in [0.1, 0.15) is 12.4 Å². The quantitative estimate of drug-likeness (QED) is 0.779. The molecule has 1 saturated heterocycles. The summed E-state index contributed by atoms with van der Waals surface area (Å²) in [7, 11) is 0. The van der Waals surface area contributed by atoms with Crippen LogP contribution in [0, 0.1) is 5.41 Å². The average molecular weight is 381 g/mol. The Morgan fingerprint density at radius 2 is 1.75 bits per heavy atom. The molecule has 1 heterocycles. The molecule has 0 aliphatic carbocycles. The van der Waals surface area contributed by atoms with Crippen molar-refractivity contribution in [1.82, 2.24) is 5.06 Å². The lowest BCUT2D eigenvalue weighted by Gasteiger charge is -2.31. The van der Waals surface area contributed by atoms with E-state index in [0.717, 1.165) is 16.9 Å². The Morgan fingerprint density at radius 3 is 2.36 bits per heavy atom. The Bertz CT molecular complexity index is 809. The van der Waals surface area contributed by atoms with E-state index in [1.165, 1.54) is 5.06 Å². The van der Waals surface area contributed by atoms with Gasteiger partial charge in [0.15, 0.2) is 5.78 Å². The minimum absolute atomic E-state index is 0.0610. The molecule has 1 aliphatic rings. The van der Waals surface area contributed by atoms with Crippen molar-refractivity contribution in [1.29, 1.82) is 0 Å². The lowest BCUT2D eigenvalue weighted by Crippen LogP contribution is -2.43. The first kappa shape index (κ1) is 20.1. The number of hydrogen-bond donors (Lipinski definition) is 0. The molecular formula is C23H27NO4. The first-order valence-corrected chi connectivity index (χ1v) is 9.59. The molecule has 1 fully saturated rings. The Kier molecular flexibility index (Phi) is 6.15. The van der Waals surface area contributed by atoms with E-state index >= 15 is 0 Å². The maximum atomic E-state index is 12.6. The minimum atomic E-state index is -0.588. The second kappa shape index (κ2) is 8.57. The summed E-state index contributed by atoms with van der Waals surface area (Å²) >= 11 is 0. The van der Waals surface area contributed by atoms with E-state index in [1.807, 2.05) is 54.6 Å². The van der Waals surface area contributed by atoms with Crippen LogP contribution in [0.4, 0.5) is 0 Å². The fraction of sp³-hybridized carbons (Fsp3) is 0.391. The van der Waals surface area contributed by atoms with Crippen molar-refractivity contribution < 1.29 is 19.2 Å². The molecule has 0 spiro atoms. The maximum Gasteiger partial charge on any atom is 0.330 e. The molecule has 28 heavy (non-hydrogen) atoms. The zero-order valence-electron chi connectivity index (χ0n) is 16.7. The second-order valence-electron chi connectivity index (χ2n) is 8.14. The van der Waals surface area contributed by atoms with Crippen molar-refractivity contribution >= 4 is 11.8 Å². The molecule has 0 saturated carbocycles. The molecule has 1 atom stereocenters. The Balaban J connectivity index is 1.54. The summed E-state index contributed by atoms with van der Waals surface area (Å²) in [5.74, 6) is 0.342. The Hall–Kier alpha value is -2.66. The van der Waals surface area contributed by atoms with Gasteiger partial charge in [-0.2, -0.15) is 0 Å². The van der Waals surface area contributed by atoms with E-state index in [0.29, 0.717) is 19.6 Å². The van der Waals surface area contributed by atoms with Gasteiger partial charge in [0.2, 0.25) is 0 Å². The third-order valence-corrected chi connectivity index (χ3v) is 4.74. The molecule has 1 unspecified atom stereocenters. The molecule has 2 aromatic rings. The van der Waals surface area contributed by atoms with E-state index in [2.05, 4.69) is 0 Å². The van der Waals surface area contributed by atoms with Gasteiger partial charge < -0.3 is 9.57 Å².